The normalized spacial score (nSPS) is 20.1. The fourth-order valence-corrected chi connectivity index (χ4v) is 3.29. The summed E-state index contributed by atoms with van der Waals surface area (Å²) in [5.74, 6) is 0.175. The van der Waals surface area contributed by atoms with Crippen LogP contribution in [0.15, 0.2) is 18.2 Å². The van der Waals surface area contributed by atoms with E-state index in [-0.39, 0.29) is 5.91 Å². The maximum Gasteiger partial charge on any atom is 0.256 e. The van der Waals surface area contributed by atoms with Crippen molar-refractivity contribution in [3.05, 3.63) is 33.8 Å². The highest BCUT2D eigenvalue weighted by Crippen LogP contribution is 2.26. The fraction of sp³-hybridized carbons (Fsp3) is 0.533. The summed E-state index contributed by atoms with van der Waals surface area (Å²) in [5.41, 5.74) is 0.438. The van der Waals surface area contributed by atoms with E-state index in [1.807, 2.05) is 14.1 Å². The van der Waals surface area contributed by atoms with Crippen molar-refractivity contribution in [2.75, 3.05) is 33.7 Å². The monoisotopic (exact) mass is 330 g/mol. The van der Waals surface area contributed by atoms with Crippen molar-refractivity contribution >= 4 is 29.1 Å². The topological polar surface area (TPSA) is 43.8 Å². The van der Waals surface area contributed by atoms with Gasteiger partial charge in [0.1, 0.15) is 0 Å². The number of aliphatic hydroxyl groups is 1. The lowest BCUT2D eigenvalue weighted by molar-refractivity contribution is -0.139. The largest absolute Gasteiger partial charge is 0.378 e. The minimum atomic E-state index is -1.21. The molecule has 0 spiro atoms. The highest BCUT2D eigenvalue weighted by atomic mass is 35.5. The summed E-state index contributed by atoms with van der Waals surface area (Å²) in [6.45, 7) is 2.31. The zero-order valence-electron chi connectivity index (χ0n) is 12.2. The molecule has 0 saturated carbocycles. The number of hydrogen-bond donors (Lipinski definition) is 1. The third kappa shape index (κ3) is 4.33. The number of aliphatic hydroxyl groups excluding tert-OH is 1. The fourth-order valence-electron chi connectivity index (χ4n) is 2.75. The van der Waals surface area contributed by atoms with E-state index < -0.39 is 6.10 Å². The molecule has 0 aliphatic carbocycles. The minimum Gasteiger partial charge on any atom is -0.378 e. The molecule has 0 aromatic heterocycles. The van der Waals surface area contributed by atoms with Crippen LogP contribution in [-0.2, 0) is 4.79 Å². The van der Waals surface area contributed by atoms with Gasteiger partial charge in [0.2, 0.25) is 0 Å². The Morgan fingerprint density at radius 1 is 1.38 bits per heavy atom. The molecular weight excluding hydrogens is 311 g/mol. The lowest BCUT2D eigenvalue weighted by Gasteiger charge is -2.21. The average Bonchev–Trinajstić information content (AvgIpc) is 2.83. The number of hydrogen-bond acceptors (Lipinski definition) is 3. The number of carbonyl (C=O) groups excluding carboxylic acids is 1. The predicted molar refractivity (Wildman–Crippen MR) is 84.7 cm³/mol. The first-order valence-electron chi connectivity index (χ1n) is 6.94. The number of likely N-dealkylation sites (tertiary alicyclic amines) is 1. The molecule has 0 radical (unpaired) electrons. The molecule has 1 aromatic carbocycles. The summed E-state index contributed by atoms with van der Waals surface area (Å²) in [4.78, 5) is 16.2. The first-order valence-corrected chi connectivity index (χ1v) is 7.70. The number of nitrogens with zero attached hydrogens (tertiary/aromatic N) is 2. The van der Waals surface area contributed by atoms with Gasteiger partial charge in [0.15, 0.2) is 6.10 Å². The molecule has 116 valence electrons. The molecular formula is C15H20Cl2N2O2. The van der Waals surface area contributed by atoms with Crippen LogP contribution in [0.3, 0.4) is 0 Å². The van der Waals surface area contributed by atoms with Crippen LogP contribution in [0.1, 0.15) is 18.1 Å². The number of amides is 1. The highest BCUT2D eigenvalue weighted by molar-refractivity contribution is 6.34. The van der Waals surface area contributed by atoms with Crippen molar-refractivity contribution in [1.29, 1.82) is 0 Å². The molecule has 1 aliphatic rings. The van der Waals surface area contributed by atoms with Crippen LogP contribution in [0.2, 0.25) is 10.0 Å². The number of benzene rings is 1. The van der Waals surface area contributed by atoms with Crippen molar-refractivity contribution in [1.82, 2.24) is 9.80 Å². The molecule has 1 saturated heterocycles. The summed E-state index contributed by atoms with van der Waals surface area (Å²) < 4.78 is 0. The van der Waals surface area contributed by atoms with E-state index in [4.69, 9.17) is 23.2 Å². The molecule has 1 aromatic rings. The lowest BCUT2D eigenvalue weighted by atomic mass is 10.1. The van der Waals surface area contributed by atoms with Gasteiger partial charge < -0.3 is 14.9 Å². The maximum atomic E-state index is 12.4. The Hall–Kier alpha value is -0.810. The zero-order chi connectivity index (χ0) is 15.6. The predicted octanol–water partition coefficient (Wildman–Crippen LogP) is 2.44. The second-order valence-electron chi connectivity index (χ2n) is 5.81. The van der Waals surface area contributed by atoms with Gasteiger partial charge >= 0.3 is 0 Å². The molecule has 2 atom stereocenters. The molecule has 1 heterocycles. The van der Waals surface area contributed by atoms with Gasteiger partial charge in [0, 0.05) is 29.7 Å². The first kappa shape index (κ1) is 16.6. The van der Waals surface area contributed by atoms with Crippen LogP contribution in [0.4, 0.5) is 0 Å². The van der Waals surface area contributed by atoms with Gasteiger partial charge in [-0.1, -0.05) is 23.2 Å². The maximum absolute atomic E-state index is 12.4. The Labute approximate surface area is 135 Å². The number of rotatable bonds is 4. The SMILES string of the molecule is CN(C)CC1CCN(C(=O)C(O)c2cc(Cl)cc(Cl)c2)C1. The van der Waals surface area contributed by atoms with Crippen LogP contribution >= 0.6 is 23.2 Å². The van der Waals surface area contributed by atoms with E-state index in [0.29, 0.717) is 34.6 Å². The number of carbonyl (C=O) groups is 1. The quantitative estimate of drug-likeness (QED) is 0.922. The summed E-state index contributed by atoms with van der Waals surface area (Å²) in [6, 6.07) is 4.72. The molecule has 2 rings (SSSR count). The third-order valence-electron chi connectivity index (χ3n) is 3.66. The van der Waals surface area contributed by atoms with Gasteiger partial charge in [-0.2, -0.15) is 0 Å². The Kier molecular flexibility index (Phi) is 5.49. The molecule has 6 heteroatoms. The third-order valence-corrected chi connectivity index (χ3v) is 4.09. The lowest BCUT2D eigenvalue weighted by Crippen LogP contribution is -2.34. The number of halogens is 2. The van der Waals surface area contributed by atoms with Crippen molar-refractivity contribution in [2.24, 2.45) is 5.92 Å². The van der Waals surface area contributed by atoms with Crippen molar-refractivity contribution in [2.45, 2.75) is 12.5 Å². The van der Waals surface area contributed by atoms with Gasteiger partial charge in [0.05, 0.1) is 0 Å². The Morgan fingerprint density at radius 2 is 2.00 bits per heavy atom. The van der Waals surface area contributed by atoms with E-state index >= 15 is 0 Å². The van der Waals surface area contributed by atoms with E-state index in [1.165, 1.54) is 0 Å². The van der Waals surface area contributed by atoms with E-state index in [2.05, 4.69) is 4.90 Å². The van der Waals surface area contributed by atoms with Gasteiger partial charge in [-0.05, 0) is 50.2 Å². The van der Waals surface area contributed by atoms with Gasteiger partial charge in [-0.25, -0.2) is 0 Å². The van der Waals surface area contributed by atoms with Crippen molar-refractivity contribution in [3.63, 3.8) is 0 Å². The second-order valence-corrected chi connectivity index (χ2v) is 6.68. The average molecular weight is 331 g/mol. The molecule has 0 bridgehead atoms. The molecule has 1 amide bonds. The molecule has 1 aliphatic heterocycles. The van der Waals surface area contributed by atoms with Crippen LogP contribution < -0.4 is 0 Å². The van der Waals surface area contributed by atoms with Crippen molar-refractivity contribution < 1.29 is 9.90 Å². The van der Waals surface area contributed by atoms with Crippen LogP contribution in [0.5, 0.6) is 0 Å². The standard InChI is InChI=1S/C15H20Cl2N2O2/c1-18(2)8-10-3-4-19(9-10)15(21)14(20)11-5-12(16)7-13(17)6-11/h5-7,10,14,20H,3-4,8-9H2,1-2H3. The summed E-state index contributed by atoms with van der Waals surface area (Å²) in [6.07, 6.45) is -0.244. The molecule has 21 heavy (non-hydrogen) atoms. The highest BCUT2D eigenvalue weighted by Gasteiger charge is 2.31. The van der Waals surface area contributed by atoms with E-state index in [0.717, 1.165) is 13.0 Å². The van der Waals surface area contributed by atoms with Crippen LogP contribution in [0.25, 0.3) is 0 Å². The minimum absolute atomic E-state index is 0.283. The molecule has 1 fully saturated rings. The smallest absolute Gasteiger partial charge is 0.256 e. The summed E-state index contributed by atoms with van der Waals surface area (Å²) in [7, 11) is 4.04. The Morgan fingerprint density at radius 3 is 2.57 bits per heavy atom. The van der Waals surface area contributed by atoms with E-state index in [9.17, 15) is 9.90 Å². The van der Waals surface area contributed by atoms with Crippen LogP contribution in [0, 0.1) is 5.92 Å². The molecule has 4 nitrogen and oxygen atoms in total. The Bertz CT molecular complexity index is 502. The van der Waals surface area contributed by atoms with Gasteiger partial charge in [0.25, 0.3) is 5.91 Å². The van der Waals surface area contributed by atoms with Gasteiger partial charge in [-0.15, -0.1) is 0 Å². The van der Waals surface area contributed by atoms with Crippen molar-refractivity contribution in [3.8, 4) is 0 Å². The van der Waals surface area contributed by atoms with Gasteiger partial charge in [-0.3, -0.25) is 4.79 Å². The molecule has 2 unspecified atom stereocenters. The zero-order valence-corrected chi connectivity index (χ0v) is 13.7. The second kappa shape index (κ2) is 6.97. The summed E-state index contributed by atoms with van der Waals surface area (Å²) in [5, 5.41) is 11.1. The summed E-state index contributed by atoms with van der Waals surface area (Å²) >= 11 is 11.8. The van der Waals surface area contributed by atoms with E-state index in [1.54, 1.807) is 23.1 Å². The Balaban J connectivity index is 2.03. The molecule has 1 N–H and O–H groups in total. The first-order chi connectivity index (χ1) is 9.86. The van der Waals surface area contributed by atoms with Crippen LogP contribution in [-0.4, -0.2) is 54.5 Å².